The largest absolute Gasteiger partial charge is 0.308 e. The Balaban J connectivity index is 1.37. The molecule has 0 bridgehead atoms. The van der Waals surface area contributed by atoms with Crippen molar-refractivity contribution in [3.05, 3.63) is 181 Å². The first-order chi connectivity index (χ1) is 26.1. The molecule has 7 aromatic carbocycles. The van der Waals surface area contributed by atoms with Crippen molar-refractivity contribution in [1.29, 1.82) is 5.26 Å². The molecule has 0 aliphatic heterocycles. The maximum atomic E-state index is 15.4. The molecule has 0 saturated heterocycles. The lowest BCUT2D eigenvalue weighted by Gasteiger charge is -2.17. The van der Waals surface area contributed by atoms with Crippen LogP contribution >= 0.6 is 0 Å². The maximum Gasteiger partial charge on any atom is 0.166 e. The van der Waals surface area contributed by atoms with Crippen LogP contribution in [-0.4, -0.2) is 19.5 Å². The second-order valence-electron chi connectivity index (χ2n) is 12.6. The molecule has 0 saturated carbocycles. The third-order valence-corrected chi connectivity index (χ3v) is 9.45. The van der Waals surface area contributed by atoms with Crippen LogP contribution in [0.5, 0.6) is 0 Å². The Morgan fingerprint density at radius 2 is 1.04 bits per heavy atom. The summed E-state index contributed by atoms with van der Waals surface area (Å²) in [5.74, 6) is 0.121. The van der Waals surface area contributed by atoms with E-state index >= 15 is 4.39 Å². The SMILES string of the molecule is N#Cc1ccccc1-c1ccc2c3ccccc3n(-c3cc(-c4ccc(F)cc4F)ccc3-c3nc(-c4ccccc4)nc(-c4ccccc4)n3)c2c1. The van der Waals surface area contributed by atoms with E-state index in [0.29, 0.717) is 39.9 Å². The highest BCUT2D eigenvalue weighted by Crippen LogP contribution is 2.40. The summed E-state index contributed by atoms with van der Waals surface area (Å²) in [5, 5.41) is 12.0. The highest BCUT2D eigenvalue weighted by Gasteiger charge is 2.21. The normalized spacial score (nSPS) is 11.2. The van der Waals surface area contributed by atoms with Gasteiger partial charge in [0.15, 0.2) is 17.5 Å². The van der Waals surface area contributed by atoms with Gasteiger partial charge in [-0.1, -0.05) is 115 Å². The van der Waals surface area contributed by atoms with Gasteiger partial charge in [0.1, 0.15) is 11.6 Å². The zero-order valence-corrected chi connectivity index (χ0v) is 28.1. The van der Waals surface area contributed by atoms with Crippen LogP contribution in [0.1, 0.15) is 5.56 Å². The summed E-state index contributed by atoms with van der Waals surface area (Å²) in [6.07, 6.45) is 0. The summed E-state index contributed by atoms with van der Waals surface area (Å²) in [4.78, 5) is 15.0. The fourth-order valence-corrected chi connectivity index (χ4v) is 6.96. The Morgan fingerprint density at radius 3 is 1.75 bits per heavy atom. The third kappa shape index (κ3) is 5.69. The molecule has 0 aliphatic carbocycles. The van der Waals surface area contributed by atoms with Gasteiger partial charge in [-0.25, -0.2) is 23.7 Å². The smallest absolute Gasteiger partial charge is 0.166 e. The van der Waals surface area contributed by atoms with E-state index < -0.39 is 11.6 Å². The van der Waals surface area contributed by atoms with Gasteiger partial charge < -0.3 is 4.57 Å². The number of aromatic nitrogens is 4. The summed E-state index contributed by atoms with van der Waals surface area (Å²) in [6, 6.07) is 52.9. The van der Waals surface area contributed by atoms with E-state index in [1.807, 2.05) is 127 Å². The minimum atomic E-state index is -0.667. The van der Waals surface area contributed by atoms with E-state index in [0.717, 1.165) is 50.1 Å². The molecule has 9 aromatic rings. The fourth-order valence-electron chi connectivity index (χ4n) is 6.96. The van der Waals surface area contributed by atoms with E-state index in [4.69, 9.17) is 15.0 Å². The van der Waals surface area contributed by atoms with Gasteiger partial charge in [0.05, 0.1) is 28.4 Å². The molecule has 0 aliphatic rings. The Kier molecular flexibility index (Phi) is 7.83. The predicted molar refractivity (Wildman–Crippen MR) is 206 cm³/mol. The van der Waals surface area contributed by atoms with E-state index in [-0.39, 0.29) is 5.56 Å². The van der Waals surface area contributed by atoms with Crippen LogP contribution in [-0.2, 0) is 0 Å². The van der Waals surface area contributed by atoms with Gasteiger partial charge >= 0.3 is 0 Å². The lowest BCUT2D eigenvalue weighted by Crippen LogP contribution is -2.04. The first kappa shape index (κ1) is 31.7. The highest BCUT2D eigenvalue weighted by atomic mass is 19.1. The molecule has 0 spiro atoms. The molecule has 5 nitrogen and oxygen atoms in total. The fraction of sp³-hybridized carbons (Fsp3) is 0. The number of rotatable bonds is 6. The number of nitrogens with zero attached hydrogens (tertiary/aromatic N) is 5. The molecule has 7 heteroatoms. The average Bonchev–Trinajstić information content (AvgIpc) is 3.54. The molecule has 9 rings (SSSR count). The van der Waals surface area contributed by atoms with E-state index in [1.165, 1.54) is 12.1 Å². The number of hydrogen-bond donors (Lipinski definition) is 0. The van der Waals surface area contributed by atoms with Gasteiger partial charge in [-0.2, -0.15) is 5.26 Å². The molecule has 0 fully saturated rings. The Hall–Kier alpha value is -7.30. The van der Waals surface area contributed by atoms with Crippen molar-refractivity contribution >= 4 is 21.8 Å². The molecule has 0 unspecified atom stereocenters. The van der Waals surface area contributed by atoms with Gasteiger partial charge in [-0.05, 0) is 59.2 Å². The first-order valence-electron chi connectivity index (χ1n) is 17.1. The van der Waals surface area contributed by atoms with Crippen molar-refractivity contribution < 1.29 is 8.78 Å². The first-order valence-corrected chi connectivity index (χ1v) is 17.1. The molecule has 0 amide bonds. The Morgan fingerprint density at radius 1 is 0.453 bits per heavy atom. The maximum absolute atomic E-state index is 15.4. The number of nitriles is 1. The summed E-state index contributed by atoms with van der Waals surface area (Å²) in [7, 11) is 0. The standard InChI is InChI=1S/C46H27F2N5/c47-34-21-24-36(40(48)27-34)32-20-23-39(46-51-44(29-11-3-1-4-12-29)50-45(52-46)30-13-5-2-6-14-30)43(26-32)53-41-18-10-9-17-37(41)38-22-19-31(25-42(38)53)35-16-8-7-15-33(35)28-49/h1-27H. The zero-order valence-electron chi connectivity index (χ0n) is 28.1. The van der Waals surface area contributed by atoms with Crippen LogP contribution in [0.25, 0.3) is 83.9 Å². The van der Waals surface area contributed by atoms with E-state index in [2.05, 4.69) is 28.8 Å². The molecular formula is C46H27F2N5. The number of para-hydroxylation sites is 1. The van der Waals surface area contributed by atoms with Crippen LogP contribution in [0.4, 0.5) is 8.78 Å². The molecule has 2 heterocycles. The molecule has 0 radical (unpaired) electrons. The molecular weight excluding hydrogens is 661 g/mol. The van der Waals surface area contributed by atoms with Gasteiger partial charge in [-0.3, -0.25) is 0 Å². The Bertz CT molecular complexity index is 2820. The van der Waals surface area contributed by atoms with Gasteiger partial charge in [0.25, 0.3) is 0 Å². The lowest BCUT2D eigenvalue weighted by atomic mass is 9.99. The highest BCUT2D eigenvalue weighted by molar-refractivity contribution is 6.11. The second kappa shape index (κ2) is 13.1. The van der Waals surface area contributed by atoms with Gasteiger partial charge in [-0.15, -0.1) is 0 Å². The minimum Gasteiger partial charge on any atom is -0.308 e. The summed E-state index contributed by atoms with van der Waals surface area (Å²) >= 11 is 0. The molecule has 53 heavy (non-hydrogen) atoms. The van der Waals surface area contributed by atoms with Crippen molar-refractivity contribution in [1.82, 2.24) is 19.5 Å². The van der Waals surface area contributed by atoms with Crippen molar-refractivity contribution in [2.24, 2.45) is 0 Å². The number of benzene rings is 7. The summed E-state index contributed by atoms with van der Waals surface area (Å²) in [5.41, 5.74) is 7.87. The van der Waals surface area contributed by atoms with E-state index in [9.17, 15) is 9.65 Å². The van der Waals surface area contributed by atoms with Crippen LogP contribution < -0.4 is 0 Å². The van der Waals surface area contributed by atoms with Gasteiger partial charge in [0, 0.05) is 39.1 Å². The number of fused-ring (bicyclic) bond motifs is 3. The van der Waals surface area contributed by atoms with Crippen LogP contribution in [0.3, 0.4) is 0 Å². The average molecular weight is 688 g/mol. The molecule has 250 valence electrons. The third-order valence-electron chi connectivity index (χ3n) is 9.45. The molecule has 0 N–H and O–H groups in total. The second-order valence-corrected chi connectivity index (χ2v) is 12.6. The number of hydrogen-bond acceptors (Lipinski definition) is 4. The van der Waals surface area contributed by atoms with Crippen molar-refractivity contribution in [3.63, 3.8) is 0 Å². The van der Waals surface area contributed by atoms with Crippen molar-refractivity contribution in [2.75, 3.05) is 0 Å². The zero-order chi connectivity index (χ0) is 35.9. The molecule has 0 atom stereocenters. The lowest BCUT2D eigenvalue weighted by molar-refractivity contribution is 0.585. The quantitative estimate of drug-likeness (QED) is 0.174. The Labute approximate surface area is 303 Å². The monoisotopic (exact) mass is 687 g/mol. The van der Waals surface area contributed by atoms with E-state index in [1.54, 1.807) is 0 Å². The van der Waals surface area contributed by atoms with Crippen LogP contribution in [0.15, 0.2) is 164 Å². The van der Waals surface area contributed by atoms with Crippen molar-refractivity contribution in [2.45, 2.75) is 0 Å². The minimum absolute atomic E-state index is 0.259. The van der Waals surface area contributed by atoms with Crippen LogP contribution in [0, 0.1) is 23.0 Å². The van der Waals surface area contributed by atoms with Crippen LogP contribution in [0.2, 0.25) is 0 Å². The number of halogens is 2. The van der Waals surface area contributed by atoms with Gasteiger partial charge in [0.2, 0.25) is 0 Å². The molecule has 2 aromatic heterocycles. The summed E-state index contributed by atoms with van der Waals surface area (Å²) < 4.78 is 31.7. The predicted octanol–water partition coefficient (Wildman–Crippen LogP) is 11.5. The van der Waals surface area contributed by atoms with Crippen molar-refractivity contribution in [3.8, 4) is 68.2 Å². The topological polar surface area (TPSA) is 67.4 Å². The summed E-state index contributed by atoms with van der Waals surface area (Å²) in [6.45, 7) is 0.